The first kappa shape index (κ1) is 14.7. The monoisotopic (exact) mass is 307 g/mol. The van der Waals surface area contributed by atoms with Gasteiger partial charge in [0.25, 0.3) is 0 Å². The molecule has 0 N–H and O–H groups in total. The van der Waals surface area contributed by atoms with Crippen molar-refractivity contribution in [1.29, 1.82) is 5.26 Å². The smallest absolute Gasteiger partial charge is 0.235 e. The molecule has 0 bridgehead atoms. The average Bonchev–Trinajstić information content (AvgIpc) is 2.90. The summed E-state index contributed by atoms with van der Waals surface area (Å²) in [5.74, 6) is 1.33. The van der Waals surface area contributed by atoms with Crippen LogP contribution in [0, 0.1) is 11.3 Å². The molecule has 1 aliphatic rings. The topological polar surface area (TPSA) is 68.6 Å². The van der Waals surface area contributed by atoms with E-state index in [1.165, 1.54) is 14.2 Å². The Morgan fingerprint density at radius 2 is 1.87 bits per heavy atom. The van der Waals surface area contributed by atoms with Crippen molar-refractivity contribution < 1.29 is 19.0 Å². The van der Waals surface area contributed by atoms with Crippen LogP contribution in [0.2, 0.25) is 0 Å². The number of nitrogens with zero attached hydrogens (tertiary/aromatic N) is 1. The van der Waals surface area contributed by atoms with Gasteiger partial charge in [0.1, 0.15) is 22.8 Å². The molecule has 23 heavy (non-hydrogen) atoms. The quantitative estimate of drug-likeness (QED) is 0.815. The number of ketones is 1. The summed E-state index contributed by atoms with van der Waals surface area (Å²) in [5, 5.41) is 8.81. The van der Waals surface area contributed by atoms with Crippen LogP contribution >= 0.6 is 0 Å². The molecule has 1 aliphatic heterocycles. The van der Waals surface area contributed by atoms with Gasteiger partial charge in [0.15, 0.2) is 5.76 Å². The molecule has 0 unspecified atom stereocenters. The molecular weight excluding hydrogens is 294 g/mol. The van der Waals surface area contributed by atoms with Gasteiger partial charge in [-0.3, -0.25) is 4.79 Å². The van der Waals surface area contributed by atoms with Crippen molar-refractivity contribution in [1.82, 2.24) is 0 Å². The molecule has 5 heteroatoms. The maximum absolute atomic E-state index is 12.5. The van der Waals surface area contributed by atoms with E-state index < -0.39 is 0 Å². The molecule has 3 rings (SSSR count). The van der Waals surface area contributed by atoms with Crippen molar-refractivity contribution in [2.24, 2.45) is 0 Å². The number of carbonyl (C=O) groups is 1. The molecule has 2 aromatic carbocycles. The van der Waals surface area contributed by atoms with Gasteiger partial charge in [-0.25, -0.2) is 0 Å². The number of Topliss-reactive ketones (excluding diaryl/α,β-unsaturated/α-hetero) is 1. The zero-order valence-corrected chi connectivity index (χ0v) is 12.6. The molecule has 114 valence electrons. The second-order valence-corrected chi connectivity index (χ2v) is 4.88. The number of carbonyl (C=O) groups excluding carboxylic acids is 1. The molecule has 0 radical (unpaired) electrons. The molecule has 0 aromatic heterocycles. The largest absolute Gasteiger partial charge is 0.496 e. The molecule has 5 nitrogen and oxygen atoms in total. The number of rotatable bonds is 3. The molecule has 0 spiro atoms. The normalized spacial score (nSPS) is 14.1. The Morgan fingerprint density at radius 3 is 2.48 bits per heavy atom. The summed E-state index contributed by atoms with van der Waals surface area (Å²) in [7, 11) is 3.02. The Morgan fingerprint density at radius 1 is 1.13 bits per heavy atom. The van der Waals surface area contributed by atoms with Gasteiger partial charge in [0.2, 0.25) is 5.78 Å². The van der Waals surface area contributed by atoms with Crippen LogP contribution in [-0.4, -0.2) is 20.0 Å². The maximum atomic E-state index is 12.5. The number of ether oxygens (including phenoxy) is 3. The summed E-state index contributed by atoms with van der Waals surface area (Å²) >= 11 is 0. The Hall–Kier alpha value is -3.26. The van der Waals surface area contributed by atoms with Crippen LogP contribution in [0.25, 0.3) is 6.08 Å². The van der Waals surface area contributed by atoms with E-state index in [2.05, 4.69) is 0 Å². The van der Waals surface area contributed by atoms with Crippen molar-refractivity contribution >= 4 is 11.9 Å². The van der Waals surface area contributed by atoms with Gasteiger partial charge in [-0.15, -0.1) is 0 Å². The Balaban J connectivity index is 1.99. The lowest BCUT2D eigenvalue weighted by Gasteiger charge is -2.07. The lowest BCUT2D eigenvalue weighted by molar-refractivity contribution is 0.101. The summed E-state index contributed by atoms with van der Waals surface area (Å²) in [6.07, 6.45) is 1.63. The predicted molar refractivity (Wildman–Crippen MR) is 83.6 cm³/mol. The Labute approximate surface area is 133 Å². The van der Waals surface area contributed by atoms with E-state index >= 15 is 0 Å². The van der Waals surface area contributed by atoms with Crippen molar-refractivity contribution in [2.45, 2.75) is 0 Å². The van der Waals surface area contributed by atoms with Crippen LogP contribution in [0.1, 0.15) is 21.5 Å². The highest BCUT2D eigenvalue weighted by Gasteiger charge is 2.32. The fraction of sp³-hybridized carbons (Fsp3) is 0.111. The number of nitriles is 1. The summed E-state index contributed by atoms with van der Waals surface area (Å²) in [6, 6.07) is 12.2. The van der Waals surface area contributed by atoms with Crippen LogP contribution in [-0.2, 0) is 0 Å². The Kier molecular flexibility index (Phi) is 3.73. The highest BCUT2D eigenvalue weighted by Crippen LogP contribution is 2.41. The molecule has 0 atom stereocenters. The van der Waals surface area contributed by atoms with E-state index in [0.29, 0.717) is 28.4 Å². The predicted octanol–water partition coefficient (Wildman–Crippen LogP) is 3.19. The van der Waals surface area contributed by atoms with Gasteiger partial charge in [-0.05, 0) is 23.8 Å². The van der Waals surface area contributed by atoms with Crippen LogP contribution in [0.4, 0.5) is 0 Å². The maximum Gasteiger partial charge on any atom is 0.235 e. The van der Waals surface area contributed by atoms with Crippen LogP contribution in [0.5, 0.6) is 17.2 Å². The van der Waals surface area contributed by atoms with Gasteiger partial charge < -0.3 is 14.2 Å². The molecule has 0 saturated carbocycles. The first-order chi connectivity index (χ1) is 11.2. The lowest BCUT2D eigenvalue weighted by atomic mass is 10.1. The molecule has 0 fully saturated rings. The summed E-state index contributed by atoms with van der Waals surface area (Å²) in [6.45, 7) is 0. The standard InChI is InChI=1S/C18H13NO4/c1-21-13-8-14(22-2)17-15(9-13)23-16(18(17)20)7-11-3-5-12(10-19)6-4-11/h3-9H,1-2H3/b16-7-. The molecule has 0 saturated heterocycles. The van der Waals surface area contributed by atoms with Gasteiger partial charge in [0, 0.05) is 12.1 Å². The third-order valence-electron chi connectivity index (χ3n) is 3.50. The van der Waals surface area contributed by atoms with Gasteiger partial charge in [-0.1, -0.05) is 12.1 Å². The number of allylic oxidation sites excluding steroid dienone is 1. The van der Waals surface area contributed by atoms with Crippen molar-refractivity contribution in [3.63, 3.8) is 0 Å². The first-order valence-corrected chi connectivity index (χ1v) is 6.86. The van der Waals surface area contributed by atoms with Crippen molar-refractivity contribution in [3.05, 3.63) is 58.8 Å². The van der Waals surface area contributed by atoms with Gasteiger partial charge in [-0.2, -0.15) is 5.26 Å². The number of methoxy groups -OCH3 is 2. The molecule has 2 aromatic rings. The minimum Gasteiger partial charge on any atom is -0.496 e. The first-order valence-electron chi connectivity index (χ1n) is 6.86. The second kappa shape index (κ2) is 5.85. The van der Waals surface area contributed by atoms with Crippen LogP contribution < -0.4 is 14.2 Å². The fourth-order valence-electron chi connectivity index (χ4n) is 2.34. The van der Waals surface area contributed by atoms with E-state index in [4.69, 9.17) is 19.5 Å². The average molecular weight is 307 g/mol. The number of fused-ring (bicyclic) bond motifs is 1. The number of hydrogen-bond donors (Lipinski definition) is 0. The third-order valence-corrected chi connectivity index (χ3v) is 3.50. The second-order valence-electron chi connectivity index (χ2n) is 4.88. The highest BCUT2D eigenvalue weighted by molar-refractivity contribution is 6.16. The van der Waals surface area contributed by atoms with Gasteiger partial charge >= 0.3 is 0 Å². The van der Waals surface area contributed by atoms with E-state index in [-0.39, 0.29) is 11.5 Å². The van der Waals surface area contributed by atoms with E-state index in [1.807, 2.05) is 6.07 Å². The number of hydrogen-bond acceptors (Lipinski definition) is 5. The van der Waals surface area contributed by atoms with Gasteiger partial charge in [0.05, 0.1) is 25.9 Å². The zero-order chi connectivity index (χ0) is 16.4. The molecule has 0 aliphatic carbocycles. The zero-order valence-electron chi connectivity index (χ0n) is 12.6. The van der Waals surface area contributed by atoms with Crippen LogP contribution in [0.15, 0.2) is 42.2 Å². The summed E-state index contributed by atoms with van der Waals surface area (Å²) < 4.78 is 16.1. The third kappa shape index (κ3) is 2.62. The van der Waals surface area contributed by atoms with E-state index in [1.54, 1.807) is 42.5 Å². The Bertz CT molecular complexity index is 845. The van der Waals surface area contributed by atoms with Crippen molar-refractivity contribution in [3.8, 4) is 23.3 Å². The lowest BCUT2D eigenvalue weighted by Crippen LogP contribution is -2.00. The minimum atomic E-state index is -0.246. The van der Waals surface area contributed by atoms with E-state index in [9.17, 15) is 4.79 Å². The molecule has 1 heterocycles. The molecular formula is C18H13NO4. The highest BCUT2D eigenvalue weighted by atomic mass is 16.5. The van der Waals surface area contributed by atoms with E-state index in [0.717, 1.165) is 5.56 Å². The summed E-state index contributed by atoms with van der Waals surface area (Å²) in [4.78, 5) is 12.5. The number of benzene rings is 2. The summed E-state index contributed by atoms with van der Waals surface area (Å²) in [5.41, 5.74) is 1.71. The SMILES string of the molecule is COc1cc(OC)c2c(c1)O/C(=C\c1ccc(C#N)cc1)C2=O. The van der Waals surface area contributed by atoms with Crippen molar-refractivity contribution in [2.75, 3.05) is 14.2 Å². The fourth-order valence-corrected chi connectivity index (χ4v) is 2.34. The van der Waals surface area contributed by atoms with Crippen LogP contribution in [0.3, 0.4) is 0 Å². The minimum absolute atomic E-state index is 0.205. The molecule has 0 amide bonds.